The molecule has 0 spiro atoms. The van der Waals surface area contributed by atoms with Crippen molar-refractivity contribution >= 4 is 23.6 Å². The molecule has 5 rings (SSSR count). The van der Waals surface area contributed by atoms with E-state index in [2.05, 4.69) is 75.6 Å². The number of azide groups is 1. The van der Waals surface area contributed by atoms with Gasteiger partial charge in [0.05, 0.1) is 22.2 Å². The molecular weight excluding hydrogens is 630 g/mol. The van der Waals surface area contributed by atoms with Gasteiger partial charge < -0.3 is 9.80 Å². The van der Waals surface area contributed by atoms with Gasteiger partial charge >= 0.3 is 0 Å². The van der Waals surface area contributed by atoms with Gasteiger partial charge in [-0.15, -0.1) is 0 Å². The predicted octanol–water partition coefficient (Wildman–Crippen LogP) is 7.98. The maximum absolute atomic E-state index is 13.2. The van der Waals surface area contributed by atoms with Crippen molar-refractivity contribution in [3.63, 3.8) is 0 Å². The Kier molecular flexibility index (Phi) is 12.3. The number of carbonyl (C=O) groups is 2. The number of likely N-dealkylation sites (tertiary alicyclic amines) is 1. The van der Waals surface area contributed by atoms with Gasteiger partial charge in [-0.25, -0.2) is 0 Å². The van der Waals surface area contributed by atoms with Crippen LogP contribution in [0.25, 0.3) is 10.4 Å². The van der Waals surface area contributed by atoms with Gasteiger partial charge in [0.15, 0.2) is 0 Å². The summed E-state index contributed by atoms with van der Waals surface area (Å²) in [5.74, 6) is -1.24. The van der Waals surface area contributed by atoms with Crippen LogP contribution >= 0.6 is 0 Å². The summed E-state index contributed by atoms with van der Waals surface area (Å²) in [5, 5.41) is 15.1. The molecule has 50 heavy (non-hydrogen) atoms. The molecule has 0 bridgehead atoms. The normalized spacial score (nSPS) is 18.9. The standard InChI is InChI=1S/C39H45N7O4/c1-29-36(30(2)48)37(31-17-19-34(20-18-31)46(49)50)38(35(42-29)16-9-10-23-41-43-40)45(28-47)25-11-24-44-26-21-39(22-27-44,32-12-5-3-6-13-32)33-14-7-4-8-15-33/h3-8,12-15,17-20,28,36-37H,9-11,16,21-27H2,1-2H3. The summed E-state index contributed by atoms with van der Waals surface area (Å²) >= 11 is 0. The van der Waals surface area contributed by atoms with Crippen LogP contribution in [-0.4, -0.2) is 65.4 Å². The van der Waals surface area contributed by atoms with Gasteiger partial charge in [-0.3, -0.25) is 24.7 Å². The van der Waals surface area contributed by atoms with E-state index in [1.54, 1.807) is 17.0 Å². The first-order chi connectivity index (χ1) is 24.3. The number of unbranched alkanes of at least 4 members (excludes halogenated alkanes) is 1. The predicted molar refractivity (Wildman–Crippen MR) is 195 cm³/mol. The van der Waals surface area contributed by atoms with E-state index in [-0.39, 0.29) is 16.9 Å². The van der Waals surface area contributed by atoms with E-state index in [1.165, 1.54) is 30.2 Å². The molecule has 0 aliphatic carbocycles. The first-order valence-corrected chi connectivity index (χ1v) is 17.4. The van der Waals surface area contributed by atoms with Crippen molar-refractivity contribution in [1.29, 1.82) is 0 Å². The Morgan fingerprint density at radius 2 is 1.64 bits per heavy atom. The van der Waals surface area contributed by atoms with Crippen molar-refractivity contribution in [2.24, 2.45) is 16.0 Å². The number of nitro benzene ring substituents is 1. The van der Waals surface area contributed by atoms with Gasteiger partial charge in [0.2, 0.25) is 6.41 Å². The fraction of sp³-hybridized carbons (Fsp3) is 0.410. The number of Topliss-reactive ketones (excluding diaryl/α,β-unsaturated/α-hetero) is 1. The molecule has 1 fully saturated rings. The third-order valence-electron chi connectivity index (χ3n) is 10.2. The number of hydrogen-bond acceptors (Lipinski definition) is 7. The van der Waals surface area contributed by atoms with Gasteiger partial charge in [-0.1, -0.05) is 77.9 Å². The number of amides is 1. The van der Waals surface area contributed by atoms with Crippen LogP contribution < -0.4 is 0 Å². The highest BCUT2D eigenvalue weighted by atomic mass is 16.6. The molecular formula is C39H45N7O4. The number of aliphatic imine (C=N–C) groups is 1. The minimum Gasteiger partial charge on any atom is -0.316 e. The number of ketones is 1. The monoisotopic (exact) mass is 675 g/mol. The number of non-ortho nitro benzene ring substituents is 1. The second-order valence-electron chi connectivity index (χ2n) is 13.2. The molecule has 2 unspecified atom stereocenters. The third kappa shape index (κ3) is 8.18. The number of hydrogen-bond donors (Lipinski definition) is 0. The zero-order valence-corrected chi connectivity index (χ0v) is 28.9. The molecule has 11 heteroatoms. The van der Waals surface area contributed by atoms with Crippen molar-refractivity contribution in [2.75, 3.05) is 32.7 Å². The van der Waals surface area contributed by atoms with Crippen LogP contribution in [0.5, 0.6) is 0 Å². The number of piperidine rings is 1. The number of nitro groups is 1. The Morgan fingerprint density at radius 3 is 2.18 bits per heavy atom. The summed E-state index contributed by atoms with van der Waals surface area (Å²) in [7, 11) is 0. The van der Waals surface area contributed by atoms with Crippen LogP contribution in [-0.2, 0) is 15.0 Å². The van der Waals surface area contributed by atoms with Gasteiger partial charge in [0, 0.05) is 47.2 Å². The number of allylic oxidation sites excluding steroid dienone is 2. The van der Waals surface area contributed by atoms with Crippen LogP contribution in [0.4, 0.5) is 5.69 Å². The van der Waals surface area contributed by atoms with E-state index < -0.39 is 16.8 Å². The first kappa shape index (κ1) is 36.2. The Labute approximate surface area is 293 Å². The summed E-state index contributed by atoms with van der Waals surface area (Å²) in [6.07, 6.45) is 5.37. The van der Waals surface area contributed by atoms with Gasteiger partial charge in [0.1, 0.15) is 5.78 Å². The van der Waals surface area contributed by atoms with Crippen molar-refractivity contribution in [2.45, 2.75) is 63.7 Å². The Hall–Kier alpha value is -5.12. The van der Waals surface area contributed by atoms with Crippen molar-refractivity contribution < 1.29 is 14.5 Å². The average molecular weight is 676 g/mol. The maximum atomic E-state index is 13.2. The zero-order valence-electron chi connectivity index (χ0n) is 28.9. The van der Waals surface area contributed by atoms with E-state index in [4.69, 9.17) is 10.5 Å². The van der Waals surface area contributed by atoms with Crippen molar-refractivity contribution in [3.05, 3.63) is 134 Å². The molecule has 0 radical (unpaired) electrons. The Bertz CT molecular complexity index is 1700. The lowest BCUT2D eigenvalue weighted by Gasteiger charge is -2.43. The third-order valence-corrected chi connectivity index (χ3v) is 10.2. The molecule has 2 atom stereocenters. The fourth-order valence-electron chi connectivity index (χ4n) is 7.76. The van der Waals surface area contributed by atoms with Gasteiger partial charge in [-0.2, -0.15) is 0 Å². The largest absolute Gasteiger partial charge is 0.316 e. The van der Waals surface area contributed by atoms with E-state index in [9.17, 15) is 19.7 Å². The van der Waals surface area contributed by atoms with Crippen LogP contribution in [0, 0.1) is 16.0 Å². The van der Waals surface area contributed by atoms with Crippen molar-refractivity contribution in [3.8, 4) is 0 Å². The molecule has 3 aromatic carbocycles. The van der Waals surface area contributed by atoms with Crippen LogP contribution in [0.3, 0.4) is 0 Å². The highest BCUT2D eigenvalue weighted by Crippen LogP contribution is 2.43. The van der Waals surface area contributed by atoms with Crippen molar-refractivity contribution in [1.82, 2.24) is 9.80 Å². The van der Waals surface area contributed by atoms with Crippen LogP contribution in [0.1, 0.15) is 75.0 Å². The quantitative estimate of drug-likeness (QED) is 0.0287. The molecule has 0 N–H and O–H groups in total. The lowest BCUT2D eigenvalue weighted by atomic mass is 9.68. The molecule has 0 saturated carbocycles. The topological polar surface area (TPSA) is 145 Å². The second kappa shape index (κ2) is 17.0. The molecule has 2 aliphatic heterocycles. The summed E-state index contributed by atoms with van der Waals surface area (Å²) in [5.41, 5.74) is 14.0. The molecule has 1 amide bonds. The zero-order chi connectivity index (χ0) is 35.5. The molecule has 0 aromatic heterocycles. The Balaban J connectivity index is 1.37. The minimum absolute atomic E-state index is 0.0459. The van der Waals surface area contributed by atoms with Crippen LogP contribution in [0.15, 0.2) is 106 Å². The molecule has 3 aromatic rings. The molecule has 1 saturated heterocycles. The van der Waals surface area contributed by atoms with E-state index >= 15 is 0 Å². The van der Waals surface area contributed by atoms with E-state index in [0.29, 0.717) is 55.0 Å². The second-order valence-corrected chi connectivity index (χ2v) is 13.2. The summed E-state index contributed by atoms with van der Waals surface area (Å²) in [6, 6.07) is 27.7. The molecule has 260 valence electrons. The van der Waals surface area contributed by atoms with Gasteiger partial charge in [0.25, 0.3) is 5.69 Å². The number of benzene rings is 3. The molecule has 2 heterocycles. The minimum atomic E-state index is -0.618. The van der Waals surface area contributed by atoms with Gasteiger partial charge in [-0.05, 0) is 94.2 Å². The summed E-state index contributed by atoms with van der Waals surface area (Å²) < 4.78 is 0. The highest BCUT2D eigenvalue weighted by molar-refractivity contribution is 6.05. The summed E-state index contributed by atoms with van der Waals surface area (Å²) in [4.78, 5) is 49.0. The number of carbonyl (C=O) groups excluding carboxylic acids is 2. The SMILES string of the molecule is CC(=O)C1C(C)=NC(CCCCN=[N+]=[N-])=C(N(C=O)CCCN2CCC(c3ccccc3)(c3ccccc3)CC2)C1c1ccc([N+](=O)[O-])cc1. The average Bonchev–Trinajstić information content (AvgIpc) is 3.14. The summed E-state index contributed by atoms with van der Waals surface area (Å²) in [6.45, 7) is 6.79. The Morgan fingerprint density at radius 1 is 1.02 bits per heavy atom. The number of nitrogens with zero attached hydrogens (tertiary/aromatic N) is 7. The highest BCUT2D eigenvalue weighted by Gasteiger charge is 2.40. The molecule has 11 nitrogen and oxygen atoms in total. The smallest absolute Gasteiger partial charge is 0.269 e. The molecule has 2 aliphatic rings. The number of rotatable bonds is 16. The maximum Gasteiger partial charge on any atom is 0.269 e. The van der Waals surface area contributed by atoms with Crippen LogP contribution in [0.2, 0.25) is 0 Å². The van der Waals surface area contributed by atoms with E-state index in [1.807, 2.05) is 6.92 Å². The van der Waals surface area contributed by atoms with E-state index in [0.717, 1.165) is 45.3 Å². The lowest BCUT2D eigenvalue weighted by Crippen LogP contribution is -2.44. The first-order valence-electron chi connectivity index (χ1n) is 17.4. The lowest BCUT2D eigenvalue weighted by molar-refractivity contribution is -0.384. The fourth-order valence-corrected chi connectivity index (χ4v) is 7.76.